The van der Waals surface area contributed by atoms with Crippen molar-refractivity contribution in [1.29, 1.82) is 0 Å². The van der Waals surface area contributed by atoms with Gasteiger partial charge in [-0.25, -0.2) is 0 Å². The molecule has 0 radical (unpaired) electrons. The highest BCUT2D eigenvalue weighted by Crippen LogP contribution is 2.75. The minimum Gasteiger partial charge on any atom is -0.0965 e. The lowest BCUT2D eigenvalue weighted by molar-refractivity contribution is 0.449. The molecular formula is C20H34P2. The van der Waals surface area contributed by atoms with Crippen LogP contribution in [0.15, 0.2) is 0 Å². The van der Waals surface area contributed by atoms with E-state index in [1.54, 1.807) is 64.2 Å². The third kappa shape index (κ3) is 2.15. The Morgan fingerprint density at radius 1 is 0.545 bits per heavy atom. The highest BCUT2D eigenvalue weighted by atomic mass is 31.1. The summed E-state index contributed by atoms with van der Waals surface area (Å²) in [7, 11) is 0.746. The van der Waals surface area contributed by atoms with Crippen LogP contribution >= 0.6 is 15.8 Å². The summed E-state index contributed by atoms with van der Waals surface area (Å²) in [6.07, 6.45) is 16.3. The van der Waals surface area contributed by atoms with Gasteiger partial charge in [-0.15, -0.1) is 0 Å². The predicted molar refractivity (Wildman–Crippen MR) is 101 cm³/mol. The largest absolute Gasteiger partial charge is 0.0965 e. The molecule has 0 aromatic carbocycles. The van der Waals surface area contributed by atoms with Gasteiger partial charge in [0.05, 0.1) is 0 Å². The zero-order valence-corrected chi connectivity index (χ0v) is 16.4. The van der Waals surface area contributed by atoms with Crippen molar-refractivity contribution < 1.29 is 0 Å². The Hall–Kier alpha value is 0.860. The molecule has 8 unspecified atom stereocenters. The second kappa shape index (κ2) is 5.70. The van der Waals surface area contributed by atoms with Crippen molar-refractivity contribution in [2.45, 2.75) is 112 Å². The molecule has 3 aliphatic heterocycles. The van der Waals surface area contributed by atoms with Gasteiger partial charge >= 0.3 is 0 Å². The van der Waals surface area contributed by atoms with Crippen molar-refractivity contribution in [3.63, 3.8) is 0 Å². The van der Waals surface area contributed by atoms with E-state index in [-0.39, 0.29) is 0 Å². The molecule has 5 rings (SSSR count). The second-order valence-corrected chi connectivity index (χ2v) is 15.5. The van der Waals surface area contributed by atoms with Crippen LogP contribution in [-0.4, -0.2) is 34.0 Å². The van der Waals surface area contributed by atoms with Crippen LogP contribution < -0.4 is 0 Å². The number of hydrogen-bond acceptors (Lipinski definition) is 0. The molecule has 3 saturated heterocycles. The van der Waals surface area contributed by atoms with Crippen molar-refractivity contribution in [3.05, 3.63) is 0 Å². The van der Waals surface area contributed by atoms with E-state index in [1.807, 2.05) is 0 Å². The summed E-state index contributed by atoms with van der Waals surface area (Å²) in [4.78, 5) is 0. The predicted octanol–water partition coefficient (Wildman–Crippen LogP) is 6.40. The molecule has 10 atom stereocenters. The lowest BCUT2D eigenvalue weighted by Crippen LogP contribution is -2.27. The van der Waals surface area contributed by atoms with Gasteiger partial charge in [-0.05, 0) is 104 Å². The lowest BCUT2D eigenvalue weighted by Gasteiger charge is -2.41. The molecule has 2 saturated carbocycles. The molecule has 0 N–H and O–H groups in total. The van der Waals surface area contributed by atoms with Gasteiger partial charge < -0.3 is 0 Å². The zero-order valence-electron chi connectivity index (χ0n) is 14.6. The van der Waals surface area contributed by atoms with Crippen LogP contribution in [0, 0.1) is 11.8 Å². The van der Waals surface area contributed by atoms with Crippen molar-refractivity contribution in [1.82, 2.24) is 0 Å². The molecule has 3 heterocycles. The maximum atomic E-state index is 2.66. The first-order valence-corrected chi connectivity index (χ1v) is 13.4. The Morgan fingerprint density at radius 2 is 1.05 bits per heavy atom. The molecule has 0 aromatic rings. The normalized spacial score (nSPS) is 60.3. The zero-order chi connectivity index (χ0) is 14.8. The van der Waals surface area contributed by atoms with Crippen LogP contribution in [0.3, 0.4) is 0 Å². The van der Waals surface area contributed by atoms with Crippen LogP contribution in [0.4, 0.5) is 0 Å². The van der Waals surface area contributed by atoms with Gasteiger partial charge in [0.1, 0.15) is 0 Å². The van der Waals surface area contributed by atoms with Crippen molar-refractivity contribution >= 4 is 15.8 Å². The van der Waals surface area contributed by atoms with Crippen molar-refractivity contribution in [3.8, 4) is 0 Å². The Bertz CT molecular complexity index is 397. The first-order chi connectivity index (χ1) is 10.7. The summed E-state index contributed by atoms with van der Waals surface area (Å²) in [6.45, 7) is 5.32. The summed E-state index contributed by atoms with van der Waals surface area (Å²) in [5.74, 6) is 2.35. The topological polar surface area (TPSA) is 0 Å². The minimum absolute atomic E-state index is 0.373. The average molecular weight is 336 g/mol. The monoisotopic (exact) mass is 336 g/mol. The second-order valence-electron chi connectivity index (χ2n) is 9.28. The Morgan fingerprint density at radius 3 is 1.55 bits per heavy atom. The van der Waals surface area contributed by atoms with Crippen molar-refractivity contribution in [2.24, 2.45) is 11.8 Å². The fourth-order valence-electron chi connectivity index (χ4n) is 7.55. The molecule has 5 aliphatic rings. The molecule has 2 heteroatoms. The van der Waals surface area contributed by atoms with E-state index in [4.69, 9.17) is 0 Å². The van der Waals surface area contributed by atoms with E-state index in [2.05, 4.69) is 13.8 Å². The third-order valence-corrected chi connectivity index (χ3v) is 16.8. The molecule has 124 valence electrons. The lowest BCUT2D eigenvalue weighted by atomic mass is 9.95. The van der Waals surface area contributed by atoms with E-state index in [0.29, 0.717) is 15.8 Å². The Labute approximate surface area is 140 Å². The number of rotatable bonds is 0. The molecule has 0 spiro atoms. The highest BCUT2D eigenvalue weighted by molar-refractivity contribution is 7.64. The molecule has 5 fully saturated rings. The minimum atomic E-state index is 0.373. The summed E-state index contributed by atoms with van der Waals surface area (Å²) < 4.78 is 0. The molecule has 0 aromatic heterocycles. The quantitative estimate of drug-likeness (QED) is 0.449. The van der Waals surface area contributed by atoms with Crippen LogP contribution in [0.25, 0.3) is 0 Å². The van der Waals surface area contributed by atoms with E-state index >= 15 is 0 Å². The van der Waals surface area contributed by atoms with Crippen LogP contribution in [-0.2, 0) is 0 Å². The molecule has 2 bridgehead atoms. The standard InChI is InChI=1S/C20H34P2/c1-13-6-10-17-15-8-9-16(12-15)18-11-7-14(2)22(18)20-5-3-4-19(20)21(13)17/h13-20H,3-12H2,1-2H3/t13-,14?,15?,16?,17?,18+,19?,20?,21?,22?/m1/s1. The van der Waals surface area contributed by atoms with Gasteiger partial charge in [0.15, 0.2) is 0 Å². The van der Waals surface area contributed by atoms with Crippen LogP contribution in [0.2, 0.25) is 0 Å². The van der Waals surface area contributed by atoms with E-state index in [1.165, 1.54) is 34.5 Å². The fourth-order valence-corrected chi connectivity index (χ4v) is 17.4. The SMILES string of the molecule is CC1CC[C@H]2C3CCC(C3)C3CC[C@@H](C)P3C3CCCC3P12. The van der Waals surface area contributed by atoms with Gasteiger partial charge in [0.2, 0.25) is 0 Å². The Kier molecular flexibility index (Phi) is 3.92. The summed E-state index contributed by atoms with van der Waals surface area (Å²) in [5.41, 5.74) is 7.12. The smallest absolute Gasteiger partial charge is 0.0136 e. The third-order valence-electron chi connectivity index (χ3n) is 8.36. The maximum Gasteiger partial charge on any atom is -0.0136 e. The van der Waals surface area contributed by atoms with Crippen molar-refractivity contribution in [2.75, 3.05) is 0 Å². The average Bonchev–Trinajstić information content (AvgIpc) is 3.22. The summed E-state index contributed by atoms with van der Waals surface area (Å²) in [6, 6.07) is 0. The first kappa shape index (κ1) is 15.1. The van der Waals surface area contributed by atoms with Gasteiger partial charge in [-0.1, -0.05) is 36.1 Å². The summed E-state index contributed by atoms with van der Waals surface area (Å²) in [5, 5.41) is 0. The van der Waals surface area contributed by atoms with E-state index in [0.717, 1.165) is 11.3 Å². The van der Waals surface area contributed by atoms with Gasteiger partial charge in [0, 0.05) is 0 Å². The first-order valence-electron chi connectivity index (χ1n) is 10.3. The Balaban J connectivity index is 1.56. The molecule has 2 aliphatic carbocycles. The van der Waals surface area contributed by atoms with Crippen LogP contribution in [0.5, 0.6) is 0 Å². The van der Waals surface area contributed by atoms with Crippen LogP contribution in [0.1, 0.15) is 78.1 Å². The maximum absolute atomic E-state index is 2.66. The number of hydrogen-bond donors (Lipinski definition) is 0. The number of fused-ring (bicyclic) bond motifs is 9. The molecule has 0 amide bonds. The molecular weight excluding hydrogens is 302 g/mol. The van der Waals surface area contributed by atoms with Gasteiger partial charge in [0.25, 0.3) is 0 Å². The highest BCUT2D eigenvalue weighted by Gasteiger charge is 2.54. The van der Waals surface area contributed by atoms with Gasteiger partial charge in [-0.3, -0.25) is 0 Å². The summed E-state index contributed by atoms with van der Waals surface area (Å²) >= 11 is 0. The van der Waals surface area contributed by atoms with E-state index in [9.17, 15) is 0 Å². The fraction of sp³-hybridized carbons (Fsp3) is 1.00. The molecule has 0 nitrogen and oxygen atoms in total. The molecule has 22 heavy (non-hydrogen) atoms. The van der Waals surface area contributed by atoms with Gasteiger partial charge in [-0.2, -0.15) is 0 Å². The van der Waals surface area contributed by atoms with E-state index < -0.39 is 0 Å².